The van der Waals surface area contributed by atoms with Gasteiger partial charge in [-0.2, -0.15) is 0 Å². The maximum atomic E-state index is 6.35. The predicted octanol–water partition coefficient (Wildman–Crippen LogP) is 11.1. The van der Waals surface area contributed by atoms with Gasteiger partial charge in [0, 0.05) is 47.7 Å². The molecule has 0 atom stereocenters. The third kappa shape index (κ3) is 3.01. The van der Waals surface area contributed by atoms with Crippen molar-refractivity contribution in [2.75, 3.05) is 0 Å². The van der Waals surface area contributed by atoms with Crippen LogP contribution < -0.4 is 0 Å². The molecule has 0 saturated heterocycles. The van der Waals surface area contributed by atoms with Crippen LogP contribution in [-0.4, -0.2) is 14.5 Å². The van der Waals surface area contributed by atoms with Gasteiger partial charge < -0.3 is 4.42 Å². The van der Waals surface area contributed by atoms with E-state index in [1.165, 1.54) is 48.2 Å². The Hall–Kier alpha value is -5.39. The summed E-state index contributed by atoms with van der Waals surface area (Å²) < 4.78 is 8.63. The van der Waals surface area contributed by atoms with Crippen molar-refractivity contribution in [1.29, 1.82) is 0 Å². The lowest BCUT2D eigenvalue weighted by atomic mass is 9.82. The molecule has 0 fully saturated rings. The molecule has 3 aromatic heterocycles. The Labute approximate surface area is 268 Å². The predicted molar refractivity (Wildman–Crippen MR) is 188 cm³/mol. The van der Waals surface area contributed by atoms with Crippen LogP contribution in [0.3, 0.4) is 0 Å². The van der Waals surface area contributed by atoms with Gasteiger partial charge in [0.2, 0.25) is 5.95 Å². The lowest BCUT2D eigenvalue weighted by Gasteiger charge is -2.22. The molecule has 11 rings (SSSR count). The second kappa shape index (κ2) is 8.45. The van der Waals surface area contributed by atoms with E-state index < -0.39 is 0 Å². The van der Waals surface area contributed by atoms with Crippen molar-refractivity contribution in [2.24, 2.45) is 0 Å². The first-order valence-electron chi connectivity index (χ1n) is 15.7. The van der Waals surface area contributed by atoms with Crippen LogP contribution in [0.5, 0.6) is 0 Å². The summed E-state index contributed by atoms with van der Waals surface area (Å²) in [5.41, 5.74) is 12.2. The molecule has 0 saturated carbocycles. The third-order valence-electron chi connectivity index (χ3n) is 10.2. The molecule has 0 N–H and O–H groups in total. The maximum Gasteiger partial charge on any atom is 0.235 e. The SMILES string of the molecule is CC1(C)c2cc3c(cc2-c2c1ccc1oc4ccccc4c21)c1ccccc1n3-c1nc2c3c(cccc3n1)Sc1ccccc1-2. The minimum absolute atomic E-state index is 0.200. The fraction of sp³-hybridized carbons (Fsp3) is 0.0732. The molecule has 0 bridgehead atoms. The van der Waals surface area contributed by atoms with Gasteiger partial charge in [-0.15, -0.1) is 0 Å². The molecule has 0 radical (unpaired) electrons. The summed E-state index contributed by atoms with van der Waals surface area (Å²) in [6.07, 6.45) is 0. The van der Waals surface area contributed by atoms with Gasteiger partial charge in [-0.25, -0.2) is 9.97 Å². The van der Waals surface area contributed by atoms with Crippen LogP contribution in [-0.2, 0) is 5.41 Å². The van der Waals surface area contributed by atoms with Crippen LogP contribution in [0.25, 0.3) is 83.0 Å². The van der Waals surface area contributed by atoms with Gasteiger partial charge in [0.25, 0.3) is 0 Å². The monoisotopic (exact) mass is 607 g/mol. The van der Waals surface area contributed by atoms with Crippen LogP contribution in [0.1, 0.15) is 25.0 Å². The quantitative estimate of drug-likeness (QED) is 0.186. The van der Waals surface area contributed by atoms with Gasteiger partial charge in [-0.05, 0) is 70.8 Å². The standard InChI is InChI=1S/C41H25N3OS/c1-41(2)27-18-19-33-37(23-11-4-7-15-32(23)45-33)36(27)26-20-25-22-10-3-6-14-30(22)44(31(25)21-28(26)41)40-42-29-13-9-17-35-38(29)39(43-40)24-12-5-8-16-34(24)46-35/h3-21H,1-2H3. The Kier molecular flexibility index (Phi) is 4.57. The summed E-state index contributed by atoms with van der Waals surface area (Å²) in [6, 6.07) is 41.3. The highest BCUT2D eigenvalue weighted by atomic mass is 32.2. The molecule has 216 valence electrons. The normalized spacial score (nSPS) is 14.4. The number of rotatable bonds is 1. The zero-order valence-corrected chi connectivity index (χ0v) is 25.9. The van der Waals surface area contributed by atoms with E-state index >= 15 is 0 Å². The zero-order chi connectivity index (χ0) is 30.3. The number of nitrogens with zero attached hydrogens (tertiary/aromatic N) is 3. The molecular weight excluding hydrogens is 583 g/mol. The molecule has 5 heteroatoms. The highest BCUT2D eigenvalue weighted by Gasteiger charge is 2.38. The number of hydrogen-bond donors (Lipinski definition) is 0. The van der Waals surface area contributed by atoms with Crippen LogP contribution in [0.15, 0.2) is 129 Å². The summed E-state index contributed by atoms with van der Waals surface area (Å²) in [5, 5.41) is 5.89. The molecule has 46 heavy (non-hydrogen) atoms. The lowest BCUT2D eigenvalue weighted by Crippen LogP contribution is -2.15. The summed E-state index contributed by atoms with van der Waals surface area (Å²) in [5.74, 6) is 0.698. The van der Waals surface area contributed by atoms with Gasteiger partial charge >= 0.3 is 0 Å². The Bertz CT molecular complexity index is 2820. The van der Waals surface area contributed by atoms with Crippen molar-refractivity contribution in [2.45, 2.75) is 29.1 Å². The first kappa shape index (κ1) is 24.9. The van der Waals surface area contributed by atoms with E-state index in [2.05, 4.69) is 128 Å². The molecule has 6 aromatic carbocycles. The van der Waals surface area contributed by atoms with Gasteiger partial charge in [0.15, 0.2) is 0 Å². The number of hydrogen-bond acceptors (Lipinski definition) is 4. The van der Waals surface area contributed by atoms with E-state index in [1.54, 1.807) is 11.8 Å². The fourth-order valence-corrected chi connectivity index (χ4v) is 9.21. The van der Waals surface area contributed by atoms with E-state index in [9.17, 15) is 0 Å². The lowest BCUT2D eigenvalue weighted by molar-refractivity contribution is 0.657. The van der Waals surface area contributed by atoms with Crippen molar-refractivity contribution in [3.05, 3.63) is 126 Å². The minimum Gasteiger partial charge on any atom is -0.456 e. The Balaban J connectivity index is 1.25. The van der Waals surface area contributed by atoms with Gasteiger partial charge in [-0.1, -0.05) is 92.3 Å². The number of para-hydroxylation sites is 2. The molecule has 0 spiro atoms. The van der Waals surface area contributed by atoms with E-state index in [0.717, 1.165) is 49.7 Å². The van der Waals surface area contributed by atoms with E-state index in [0.29, 0.717) is 5.95 Å². The fourth-order valence-electron chi connectivity index (χ4n) is 8.11. The Morgan fingerprint density at radius 1 is 0.609 bits per heavy atom. The summed E-state index contributed by atoms with van der Waals surface area (Å²) in [4.78, 5) is 13.1. The summed E-state index contributed by atoms with van der Waals surface area (Å²) >= 11 is 1.80. The van der Waals surface area contributed by atoms with Crippen LogP contribution >= 0.6 is 11.8 Å². The van der Waals surface area contributed by atoms with Crippen molar-refractivity contribution in [3.8, 4) is 28.3 Å². The van der Waals surface area contributed by atoms with E-state index in [-0.39, 0.29) is 5.41 Å². The highest BCUT2D eigenvalue weighted by molar-refractivity contribution is 7.99. The number of furan rings is 1. The average molecular weight is 608 g/mol. The molecule has 1 aliphatic heterocycles. The zero-order valence-electron chi connectivity index (χ0n) is 25.1. The molecule has 0 unspecified atom stereocenters. The number of aromatic nitrogens is 3. The Morgan fingerprint density at radius 3 is 2.35 bits per heavy atom. The highest BCUT2D eigenvalue weighted by Crippen LogP contribution is 2.55. The van der Waals surface area contributed by atoms with Crippen LogP contribution in [0.2, 0.25) is 0 Å². The van der Waals surface area contributed by atoms with E-state index in [4.69, 9.17) is 14.4 Å². The van der Waals surface area contributed by atoms with Crippen LogP contribution in [0, 0.1) is 0 Å². The third-order valence-corrected chi connectivity index (χ3v) is 11.3. The first-order chi connectivity index (χ1) is 22.6. The topological polar surface area (TPSA) is 43.9 Å². The molecule has 9 aromatic rings. The van der Waals surface area contributed by atoms with Gasteiger partial charge in [-0.3, -0.25) is 4.57 Å². The summed E-state index contributed by atoms with van der Waals surface area (Å²) in [7, 11) is 0. The summed E-state index contributed by atoms with van der Waals surface area (Å²) in [6.45, 7) is 4.69. The largest absolute Gasteiger partial charge is 0.456 e. The minimum atomic E-state index is -0.200. The van der Waals surface area contributed by atoms with Crippen molar-refractivity contribution in [3.63, 3.8) is 0 Å². The molecule has 1 aliphatic carbocycles. The molecule has 0 amide bonds. The number of fused-ring (bicyclic) bond motifs is 12. The molecular formula is C41H25N3OS. The molecule has 4 nitrogen and oxygen atoms in total. The van der Waals surface area contributed by atoms with Crippen LogP contribution in [0.4, 0.5) is 0 Å². The second-order valence-electron chi connectivity index (χ2n) is 13.0. The van der Waals surface area contributed by atoms with Crippen molar-refractivity contribution < 1.29 is 4.42 Å². The molecule has 2 aliphatic rings. The average Bonchev–Trinajstić information content (AvgIpc) is 3.69. The maximum absolute atomic E-state index is 6.35. The van der Waals surface area contributed by atoms with Crippen molar-refractivity contribution >= 4 is 66.4 Å². The Morgan fingerprint density at radius 2 is 1.41 bits per heavy atom. The van der Waals surface area contributed by atoms with E-state index in [1.807, 2.05) is 6.07 Å². The molecule has 4 heterocycles. The second-order valence-corrected chi connectivity index (χ2v) is 14.1. The van der Waals surface area contributed by atoms with Crippen molar-refractivity contribution in [1.82, 2.24) is 14.5 Å². The first-order valence-corrected chi connectivity index (χ1v) is 16.5. The van der Waals surface area contributed by atoms with Gasteiger partial charge in [0.05, 0.1) is 22.2 Å². The number of benzene rings is 6. The smallest absolute Gasteiger partial charge is 0.235 e. The van der Waals surface area contributed by atoms with Gasteiger partial charge in [0.1, 0.15) is 11.2 Å².